The lowest BCUT2D eigenvalue weighted by Gasteiger charge is -1.90. The molecule has 12 heavy (non-hydrogen) atoms. The monoisotopic (exact) mass is 266 g/mol. The third kappa shape index (κ3) is 2.59. The molecule has 0 spiro atoms. The molecule has 0 aliphatic rings. The van der Waals surface area contributed by atoms with Gasteiger partial charge in [-0.2, -0.15) is 0 Å². The largest absolute Gasteiger partial charge is 0.392 e. The number of hydrogen-bond acceptors (Lipinski definition) is 2. The molecular weight excluding hydrogens is 260 g/mol. The summed E-state index contributed by atoms with van der Waals surface area (Å²) >= 11 is 10.6. The molecule has 0 saturated carbocycles. The Labute approximate surface area is 88.8 Å². The average Bonchev–Trinajstić information content (AvgIpc) is 2.31. The summed E-state index contributed by atoms with van der Waals surface area (Å²) in [5.41, 5.74) is 0.931. The Balaban J connectivity index is 2.90. The number of halogens is 2. The van der Waals surface area contributed by atoms with E-state index >= 15 is 0 Å². The molecule has 0 saturated heterocycles. The van der Waals surface area contributed by atoms with Crippen LogP contribution in [0.4, 0.5) is 0 Å². The number of rotatable bonds is 2. The summed E-state index contributed by atoms with van der Waals surface area (Å²) in [6, 6.07) is 1.94. The lowest BCUT2D eigenvalue weighted by molar-refractivity contribution is 0.332. The van der Waals surface area contributed by atoms with Crippen LogP contribution in [0.15, 0.2) is 16.1 Å². The zero-order valence-electron chi connectivity index (χ0n) is 6.47. The van der Waals surface area contributed by atoms with E-state index in [1.54, 1.807) is 0 Å². The zero-order chi connectivity index (χ0) is 9.14. The van der Waals surface area contributed by atoms with Crippen molar-refractivity contribution in [2.45, 2.75) is 6.92 Å². The number of thiophene rings is 1. The maximum Gasteiger partial charge on any atom is 0.108 e. The highest BCUT2D eigenvalue weighted by Gasteiger charge is 2.01. The van der Waals surface area contributed by atoms with Crippen LogP contribution in [-0.4, -0.2) is 11.7 Å². The highest BCUT2D eigenvalue weighted by molar-refractivity contribution is 9.10. The van der Waals surface area contributed by atoms with Crippen molar-refractivity contribution in [2.75, 3.05) is 6.61 Å². The molecule has 0 bridgehead atoms. The first kappa shape index (κ1) is 10.3. The van der Waals surface area contributed by atoms with Gasteiger partial charge in [-0.1, -0.05) is 11.6 Å². The molecule has 0 aliphatic heterocycles. The Hall–Kier alpha value is 0.170. The normalized spacial score (nSPS) is 12.2. The molecule has 0 aromatic carbocycles. The Morgan fingerprint density at radius 2 is 2.50 bits per heavy atom. The molecule has 1 N–H and O–H groups in total. The van der Waals surface area contributed by atoms with Crippen molar-refractivity contribution in [3.8, 4) is 0 Å². The zero-order valence-corrected chi connectivity index (χ0v) is 9.63. The van der Waals surface area contributed by atoms with Crippen molar-refractivity contribution in [1.29, 1.82) is 0 Å². The standard InChI is InChI=1S/C8H8BrClOS/c1-5(4-11)2-6-3-7(9)8(10)12-6/h2-3,11H,4H2,1H3. The van der Waals surface area contributed by atoms with Crippen LogP contribution < -0.4 is 0 Å². The van der Waals surface area contributed by atoms with Crippen LogP contribution in [0.1, 0.15) is 11.8 Å². The second-order valence-electron chi connectivity index (χ2n) is 2.42. The van der Waals surface area contributed by atoms with Gasteiger partial charge in [0.15, 0.2) is 0 Å². The highest BCUT2D eigenvalue weighted by Crippen LogP contribution is 2.32. The van der Waals surface area contributed by atoms with E-state index in [-0.39, 0.29) is 6.61 Å². The second kappa shape index (κ2) is 4.42. The number of hydrogen-bond donors (Lipinski definition) is 1. The topological polar surface area (TPSA) is 20.2 Å². The van der Waals surface area contributed by atoms with E-state index in [4.69, 9.17) is 16.7 Å². The quantitative estimate of drug-likeness (QED) is 0.869. The predicted octanol–water partition coefficient (Wildman–Crippen LogP) is 3.56. The van der Waals surface area contributed by atoms with Crippen LogP contribution >= 0.6 is 38.9 Å². The summed E-state index contributed by atoms with van der Waals surface area (Å²) in [5, 5.41) is 8.76. The summed E-state index contributed by atoms with van der Waals surface area (Å²) in [5.74, 6) is 0. The molecule has 4 heteroatoms. The van der Waals surface area contributed by atoms with Crippen LogP contribution in [0.3, 0.4) is 0 Å². The third-order valence-corrected chi connectivity index (χ3v) is 3.72. The minimum Gasteiger partial charge on any atom is -0.392 e. The molecule has 1 aromatic rings. The fourth-order valence-corrected chi connectivity index (χ4v) is 2.49. The van der Waals surface area contributed by atoms with E-state index in [0.717, 1.165) is 19.3 Å². The van der Waals surface area contributed by atoms with E-state index in [0.29, 0.717) is 0 Å². The number of aliphatic hydroxyl groups excluding tert-OH is 1. The second-order valence-corrected chi connectivity index (χ2v) is 4.96. The van der Waals surface area contributed by atoms with Gasteiger partial charge in [0.1, 0.15) is 4.34 Å². The summed E-state index contributed by atoms with van der Waals surface area (Å²) < 4.78 is 1.65. The van der Waals surface area contributed by atoms with E-state index in [1.807, 2.05) is 19.1 Å². The van der Waals surface area contributed by atoms with Crippen molar-refractivity contribution in [2.24, 2.45) is 0 Å². The minimum absolute atomic E-state index is 0.0904. The molecule has 0 unspecified atom stereocenters. The molecule has 1 nitrogen and oxygen atoms in total. The molecular formula is C8H8BrClOS. The van der Waals surface area contributed by atoms with Crippen molar-refractivity contribution < 1.29 is 5.11 Å². The molecule has 0 amide bonds. The molecule has 0 atom stereocenters. The Morgan fingerprint density at radius 3 is 2.92 bits per heavy atom. The molecule has 1 rings (SSSR count). The average molecular weight is 268 g/mol. The van der Waals surface area contributed by atoms with Gasteiger partial charge in [0.2, 0.25) is 0 Å². The van der Waals surface area contributed by atoms with Gasteiger partial charge >= 0.3 is 0 Å². The van der Waals surface area contributed by atoms with Gasteiger partial charge in [-0.15, -0.1) is 11.3 Å². The van der Waals surface area contributed by atoms with E-state index in [9.17, 15) is 0 Å². The highest BCUT2D eigenvalue weighted by atomic mass is 79.9. The molecule has 0 aliphatic carbocycles. The van der Waals surface area contributed by atoms with Crippen LogP contribution in [-0.2, 0) is 0 Å². The molecule has 0 radical (unpaired) electrons. The summed E-state index contributed by atoms with van der Waals surface area (Å²) in [6.07, 6.45) is 1.92. The Morgan fingerprint density at radius 1 is 1.83 bits per heavy atom. The lowest BCUT2D eigenvalue weighted by Crippen LogP contribution is -1.81. The van der Waals surface area contributed by atoms with Gasteiger partial charge in [0, 0.05) is 9.35 Å². The molecule has 66 valence electrons. The summed E-state index contributed by atoms with van der Waals surface area (Å²) in [7, 11) is 0. The Kier molecular flexibility index (Phi) is 3.77. The fourth-order valence-electron chi connectivity index (χ4n) is 0.723. The van der Waals surface area contributed by atoms with Crippen LogP contribution in [0.5, 0.6) is 0 Å². The smallest absolute Gasteiger partial charge is 0.108 e. The van der Waals surface area contributed by atoms with Crippen molar-refractivity contribution in [1.82, 2.24) is 0 Å². The van der Waals surface area contributed by atoms with E-state index < -0.39 is 0 Å². The van der Waals surface area contributed by atoms with Gasteiger partial charge in [-0.05, 0) is 40.6 Å². The van der Waals surface area contributed by atoms with Gasteiger partial charge in [0.25, 0.3) is 0 Å². The fraction of sp³-hybridized carbons (Fsp3) is 0.250. The predicted molar refractivity (Wildman–Crippen MR) is 57.8 cm³/mol. The lowest BCUT2D eigenvalue weighted by atomic mass is 10.3. The first-order valence-electron chi connectivity index (χ1n) is 3.36. The maximum absolute atomic E-state index is 8.76. The maximum atomic E-state index is 8.76. The van der Waals surface area contributed by atoms with Gasteiger partial charge in [-0.3, -0.25) is 0 Å². The molecule has 1 heterocycles. The summed E-state index contributed by atoms with van der Waals surface area (Å²) in [6.45, 7) is 1.97. The first-order chi connectivity index (χ1) is 5.63. The van der Waals surface area contributed by atoms with Gasteiger partial charge < -0.3 is 5.11 Å². The van der Waals surface area contributed by atoms with E-state index in [1.165, 1.54) is 11.3 Å². The minimum atomic E-state index is 0.0904. The Bertz CT molecular complexity index is 287. The van der Waals surface area contributed by atoms with Gasteiger partial charge in [0.05, 0.1) is 6.61 Å². The van der Waals surface area contributed by atoms with Crippen LogP contribution in [0.25, 0.3) is 6.08 Å². The van der Waals surface area contributed by atoms with Crippen molar-refractivity contribution in [3.63, 3.8) is 0 Å². The molecule has 0 fully saturated rings. The van der Waals surface area contributed by atoms with Crippen LogP contribution in [0, 0.1) is 0 Å². The first-order valence-corrected chi connectivity index (χ1v) is 5.35. The van der Waals surface area contributed by atoms with Gasteiger partial charge in [-0.25, -0.2) is 0 Å². The van der Waals surface area contributed by atoms with Crippen molar-refractivity contribution >= 4 is 44.9 Å². The summed E-state index contributed by atoms with van der Waals surface area (Å²) in [4.78, 5) is 1.05. The third-order valence-electron chi connectivity index (χ3n) is 1.30. The van der Waals surface area contributed by atoms with Crippen molar-refractivity contribution in [3.05, 3.63) is 25.3 Å². The molecule has 1 aromatic heterocycles. The van der Waals surface area contributed by atoms with E-state index in [2.05, 4.69) is 15.9 Å². The number of aliphatic hydroxyl groups is 1. The van der Waals surface area contributed by atoms with Crippen LogP contribution in [0.2, 0.25) is 4.34 Å². The SMILES string of the molecule is CC(=Cc1cc(Br)c(Cl)s1)CO.